The van der Waals surface area contributed by atoms with Gasteiger partial charge in [0.05, 0.1) is 22.9 Å². The van der Waals surface area contributed by atoms with Crippen LogP contribution in [0.3, 0.4) is 0 Å². The van der Waals surface area contributed by atoms with Gasteiger partial charge in [0.15, 0.2) is 11.6 Å². The Labute approximate surface area is 197 Å². The molecule has 1 saturated heterocycles. The van der Waals surface area contributed by atoms with Crippen LogP contribution in [0.2, 0.25) is 0 Å². The maximum Gasteiger partial charge on any atom is 0.257 e. The number of carbonyl (C=O) groups is 4. The SMILES string of the molecule is O=C1C=C(Br)C(=O)C2=C1[C@@H](c1ccc(OCCO)cc1)C1=CC[C@@H]3C(=O)N(O)C(=O)[C@@H]3[C@@H]1C2. The van der Waals surface area contributed by atoms with E-state index in [0.717, 1.165) is 11.1 Å². The van der Waals surface area contributed by atoms with Gasteiger partial charge in [-0.05, 0) is 52.4 Å². The van der Waals surface area contributed by atoms with Crippen LogP contribution in [0.25, 0.3) is 0 Å². The van der Waals surface area contributed by atoms with Gasteiger partial charge in [-0.15, -0.1) is 0 Å². The number of Topliss-reactive ketones (excluding diaryl/α,β-unsaturated/α-hetero) is 1. The second-order valence-electron chi connectivity index (χ2n) is 8.52. The molecule has 170 valence electrons. The summed E-state index contributed by atoms with van der Waals surface area (Å²) < 4.78 is 5.59. The Morgan fingerprint density at radius 3 is 2.48 bits per heavy atom. The number of fused-ring (bicyclic) bond motifs is 3. The highest BCUT2D eigenvalue weighted by Gasteiger charge is 2.56. The molecule has 0 unspecified atom stereocenters. The number of hydroxylamine groups is 2. The number of ether oxygens (including phenoxy) is 1. The van der Waals surface area contributed by atoms with Crippen molar-refractivity contribution in [2.75, 3.05) is 13.2 Å². The summed E-state index contributed by atoms with van der Waals surface area (Å²) in [4.78, 5) is 51.3. The van der Waals surface area contributed by atoms with Crippen LogP contribution in [0.1, 0.15) is 24.3 Å². The van der Waals surface area contributed by atoms with E-state index >= 15 is 0 Å². The van der Waals surface area contributed by atoms with Gasteiger partial charge in [-0.25, -0.2) is 0 Å². The van der Waals surface area contributed by atoms with Crippen LogP contribution >= 0.6 is 15.9 Å². The molecule has 1 aliphatic heterocycles. The number of benzene rings is 1. The van der Waals surface area contributed by atoms with Gasteiger partial charge < -0.3 is 9.84 Å². The molecule has 1 heterocycles. The first-order valence-electron chi connectivity index (χ1n) is 10.6. The van der Waals surface area contributed by atoms with Gasteiger partial charge in [-0.1, -0.05) is 23.8 Å². The molecule has 2 amide bonds. The van der Waals surface area contributed by atoms with Gasteiger partial charge in [0.1, 0.15) is 12.4 Å². The monoisotopic (exact) mass is 513 g/mol. The first-order valence-corrected chi connectivity index (χ1v) is 11.4. The van der Waals surface area contributed by atoms with Crippen LogP contribution in [-0.2, 0) is 19.2 Å². The predicted molar refractivity (Wildman–Crippen MR) is 117 cm³/mol. The quantitative estimate of drug-likeness (QED) is 0.274. The van der Waals surface area contributed by atoms with Gasteiger partial charge in [0.25, 0.3) is 11.8 Å². The lowest BCUT2D eigenvalue weighted by atomic mass is 9.59. The van der Waals surface area contributed by atoms with E-state index in [0.29, 0.717) is 16.9 Å². The average molecular weight is 514 g/mol. The van der Waals surface area contributed by atoms with Crippen LogP contribution in [0.4, 0.5) is 0 Å². The van der Waals surface area contributed by atoms with Crippen LogP contribution in [0.15, 0.2) is 57.6 Å². The van der Waals surface area contributed by atoms with E-state index in [1.165, 1.54) is 6.08 Å². The Bertz CT molecular complexity index is 1180. The van der Waals surface area contributed by atoms with Crippen molar-refractivity contribution in [3.63, 3.8) is 0 Å². The number of hydrogen-bond donors (Lipinski definition) is 2. The molecule has 4 atom stereocenters. The molecule has 8 nitrogen and oxygen atoms in total. The average Bonchev–Trinajstić information content (AvgIpc) is 3.04. The van der Waals surface area contributed by atoms with Crippen molar-refractivity contribution in [1.29, 1.82) is 0 Å². The van der Waals surface area contributed by atoms with Gasteiger partial charge in [-0.2, -0.15) is 5.06 Å². The molecular weight excluding hydrogens is 494 g/mol. The zero-order valence-corrected chi connectivity index (χ0v) is 18.9. The summed E-state index contributed by atoms with van der Waals surface area (Å²) in [7, 11) is 0. The maximum absolute atomic E-state index is 13.1. The number of hydrogen-bond acceptors (Lipinski definition) is 7. The van der Waals surface area contributed by atoms with E-state index in [1.807, 2.05) is 6.08 Å². The molecule has 0 bridgehead atoms. The molecule has 1 aromatic rings. The smallest absolute Gasteiger partial charge is 0.257 e. The predicted octanol–water partition coefficient (Wildman–Crippen LogP) is 2.21. The molecule has 3 aliphatic carbocycles. The van der Waals surface area contributed by atoms with Crippen molar-refractivity contribution in [1.82, 2.24) is 5.06 Å². The normalized spacial score (nSPS) is 28.9. The molecule has 4 aliphatic rings. The molecule has 5 rings (SSSR count). The minimum Gasteiger partial charge on any atom is -0.491 e. The lowest BCUT2D eigenvalue weighted by Gasteiger charge is -2.42. The van der Waals surface area contributed by atoms with E-state index in [1.54, 1.807) is 24.3 Å². The number of rotatable bonds is 4. The largest absolute Gasteiger partial charge is 0.491 e. The molecule has 2 N–H and O–H groups in total. The zero-order valence-electron chi connectivity index (χ0n) is 17.4. The summed E-state index contributed by atoms with van der Waals surface area (Å²) in [5, 5.41) is 19.1. The second kappa shape index (κ2) is 8.16. The molecule has 0 radical (unpaired) electrons. The molecule has 0 spiro atoms. The number of imide groups is 1. The Kier molecular flexibility index (Phi) is 5.43. The van der Waals surface area contributed by atoms with Crippen LogP contribution < -0.4 is 4.74 Å². The number of aliphatic hydroxyl groups excluding tert-OH is 1. The summed E-state index contributed by atoms with van der Waals surface area (Å²) in [6, 6.07) is 7.04. The third-order valence-electron chi connectivity index (χ3n) is 6.88. The van der Waals surface area contributed by atoms with E-state index in [4.69, 9.17) is 9.84 Å². The first-order chi connectivity index (χ1) is 15.8. The summed E-state index contributed by atoms with van der Waals surface area (Å²) in [6.07, 6.45) is 3.58. The Morgan fingerprint density at radius 1 is 1.06 bits per heavy atom. The van der Waals surface area contributed by atoms with E-state index in [9.17, 15) is 24.4 Å². The van der Waals surface area contributed by atoms with Crippen molar-refractivity contribution in [3.8, 4) is 5.75 Å². The third-order valence-corrected chi connectivity index (χ3v) is 7.47. The molecule has 1 aromatic carbocycles. The van der Waals surface area contributed by atoms with Crippen molar-refractivity contribution < 1.29 is 34.2 Å². The van der Waals surface area contributed by atoms with Crippen LogP contribution in [0.5, 0.6) is 5.75 Å². The number of aliphatic hydroxyl groups is 1. The Balaban J connectivity index is 1.63. The van der Waals surface area contributed by atoms with Gasteiger partial charge in [0, 0.05) is 23.1 Å². The number of ketones is 2. The van der Waals surface area contributed by atoms with Crippen molar-refractivity contribution in [2.24, 2.45) is 17.8 Å². The minimum absolute atomic E-state index is 0.121. The standard InChI is InChI=1S/C24H20BrNO7/c25-17-10-18(28)21-16(22(17)29)9-15-13(5-6-14-20(15)24(31)26(32)23(14)30)19(21)11-1-3-12(4-2-11)33-8-7-27/h1-5,10,14-15,19-20,27,32H,6-9H2/t14-,15+,19-,20-/m0/s1. The Hall–Kier alpha value is -2.88. The van der Waals surface area contributed by atoms with Crippen molar-refractivity contribution >= 4 is 39.3 Å². The fourth-order valence-electron chi connectivity index (χ4n) is 5.49. The molecule has 0 aromatic heterocycles. The lowest BCUT2D eigenvalue weighted by Crippen LogP contribution is -2.39. The Morgan fingerprint density at radius 2 is 1.79 bits per heavy atom. The minimum atomic E-state index is -0.779. The maximum atomic E-state index is 13.1. The van der Waals surface area contributed by atoms with E-state index < -0.39 is 35.5 Å². The van der Waals surface area contributed by atoms with E-state index in [2.05, 4.69) is 15.9 Å². The topological polar surface area (TPSA) is 121 Å². The van der Waals surface area contributed by atoms with Crippen molar-refractivity contribution in [3.05, 3.63) is 63.2 Å². The fraction of sp³-hybridized carbons (Fsp3) is 0.333. The highest BCUT2D eigenvalue weighted by molar-refractivity contribution is 9.12. The summed E-state index contributed by atoms with van der Waals surface area (Å²) >= 11 is 3.18. The lowest BCUT2D eigenvalue weighted by molar-refractivity contribution is -0.173. The first kappa shape index (κ1) is 21.9. The van der Waals surface area contributed by atoms with Gasteiger partial charge in [0.2, 0.25) is 0 Å². The van der Waals surface area contributed by atoms with Gasteiger partial charge >= 0.3 is 0 Å². The molecule has 33 heavy (non-hydrogen) atoms. The second-order valence-corrected chi connectivity index (χ2v) is 9.38. The highest BCUT2D eigenvalue weighted by Crippen LogP contribution is 2.55. The molecular formula is C24H20BrNO7. The molecule has 9 heteroatoms. The number of nitrogens with zero attached hydrogens (tertiary/aromatic N) is 1. The fourth-order valence-corrected chi connectivity index (χ4v) is 5.94. The summed E-state index contributed by atoms with van der Waals surface area (Å²) in [6.45, 7) is 0.0260. The van der Waals surface area contributed by atoms with Gasteiger partial charge in [-0.3, -0.25) is 24.4 Å². The number of amides is 2. The molecule has 0 saturated carbocycles. The number of halogens is 1. The zero-order chi connectivity index (χ0) is 23.4. The van der Waals surface area contributed by atoms with Crippen LogP contribution in [-0.4, -0.2) is 52.0 Å². The summed E-state index contributed by atoms with van der Waals surface area (Å²) in [5.41, 5.74) is 2.27. The number of carbonyl (C=O) groups excluding carboxylic acids is 4. The summed E-state index contributed by atoms with van der Waals surface area (Å²) in [5.74, 6) is -3.84. The third kappa shape index (κ3) is 3.34. The number of allylic oxidation sites excluding steroid dienone is 6. The highest BCUT2D eigenvalue weighted by atomic mass is 79.9. The van der Waals surface area contributed by atoms with Crippen LogP contribution in [0, 0.1) is 17.8 Å². The molecule has 1 fully saturated rings. The van der Waals surface area contributed by atoms with Crippen molar-refractivity contribution in [2.45, 2.75) is 18.8 Å². The van der Waals surface area contributed by atoms with E-state index in [-0.39, 0.29) is 47.2 Å².